The molecule has 9 atom stereocenters. The van der Waals surface area contributed by atoms with Crippen LogP contribution >= 0.6 is 0 Å². The summed E-state index contributed by atoms with van der Waals surface area (Å²) in [6, 6.07) is 0.325. The molecule has 36 heavy (non-hydrogen) atoms. The summed E-state index contributed by atoms with van der Waals surface area (Å²) in [5.41, 5.74) is -0.525. The van der Waals surface area contributed by atoms with E-state index < -0.39 is 5.60 Å². The van der Waals surface area contributed by atoms with Gasteiger partial charge in [-0.3, -0.25) is 0 Å². The third-order valence-electron chi connectivity index (χ3n) is 12.0. The smallest absolute Gasteiger partial charge is 0.330 e. The molecule has 0 aromatic heterocycles. The lowest BCUT2D eigenvalue weighted by atomic mass is 9.43. The summed E-state index contributed by atoms with van der Waals surface area (Å²) in [7, 11) is 0. The molecule has 4 saturated carbocycles. The third-order valence-corrected chi connectivity index (χ3v) is 12.0. The number of amides is 2. The van der Waals surface area contributed by atoms with Crippen LogP contribution < -0.4 is 5.32 Å². The molecule has 7 nitrogen and oxygen atoms in total. The van der Waals surface area contributed by atoms with E-state index in [4.69, 9.17) is 9.47 Å². The van der Waals surface area contributed by atoms with Crippen molar-refractivity contribution in [1.82, 2.24) is 10.2 Å². The fourth-order valence-electron chi connectivity index (χ4n) is 9.85. The number of fused-ring (bicyclic) bond motifs is 5. The van der Waals surface area contributed by atoms with Crippen LogP contribution in [0, 0.1) is 40.4 Å². The Hall–Kier alpha value is -1.60. The number of carbonyl (C=O) groups is 2. The zero-order valence-corrected chi connectivity index (χ0v) is 22.0. The van der Waals surface area contributed by atoms with Gasteiger partial charge in [0.15, 0.2) is 0 Å². The van der Waals surface area contributed by atoms with Crippen LogP contribution in [-0.4, -0.2) is 66.6 Å². The van der Waals surface area contributed by atoms with Gasteiger partial charge in [0, 0.05) is 36.5 Å². The van der Waals surface area contributed by atoms with Crippen molar-refractivity contribution in [3.63, 3.8) is 0 Å². The molecular formula is C29H44N2O5. The summed E-state index contributed by atoms with van der Waals surface area (Å²) in [6.07, 6.45) is 13.2. The minimum Gasteiger partial charge on any atom is -0.462 e. The van der Waals surface area contributed by atoms with Crippen LogP contribution in [0.3, 0.4) is 0 Å². The quantitative estimate of drug-likeness (QED) is 0.562. The molecule has 2 amide bonds. The van der Waals surface area contributed by atoms with E-state index in [2.05, 4.69) is 19.2 Å². The molecule has 5 fully saturated rings. The van der Waals surface area contributed by atoms with Crippen LogP contribution in [0.25, 0.3) is 0 Å². The molecule has 0 aromatic rings. The first kappa shape index (κ1) is 24.7. The van der Waals surface area contributed by atoms with E-state index in [0.717, 1.165) is 51.4 Å². The van der Waals surface area contributed by atoms with Crippen molar-refractivity contribution in [2.45, 2.75) is 83.3 Å². The van der Waals surface area contributed by atoms with Gasteiger partial charge >= 0.3 is 12.0 Å². The Bertz CT molecular complexity index is 917. The molecule has 1 saturated heterocycles. The zero-order chi connectivity index (χ0) is 25.1. The van der Waals surface area contributed by atoms with Crippen molar-refractivity contribution in [3.05, 3.63) is 12.2 Å². The van der Waals surface area contributed by atoms with Crippen molar-refractivity contribution in [2.24, 2.45) is 40.4 Å². The first-order valence-electron chi connectivity index (χ1n) is 14.5. The van der Waals surface area contributed by atoms with E-state index in [9.17, 15) is 14.7 Å². The maximum absolute atomic E-state index is 12.8. The third kappa shape index (κ3) is 3.74. The molecule has 200 valence electrons. The molecule has 2 heterocycles. The minimum absolute atomic E-state index is 0.0720. The number of nitrogens with one attached hydrogen (secondary N) is 1. The molecule has 0 bridgehead atoms. The summed E-state index contributed by atoms with van der Waals surface area (Å²) in [6.45, 7) is 7.91. The van der Waals surface area contributed by atoms with Gasteiger partial charge in [0.05, 0.1) is 25.4 Å². The lowest BCUT2D eigenvalue weighted by Crippen LogP contribution is -2.63. The molecule has 0 radical (unpaired) electrons. The number of nitrogens with zero attached hydrogens (tertiary/aromatic N) is 1. The van der Waals surface area contributed by atoms with Crippen molar-refractivity contribution in [3.8, 4) is 0 Å². The first-order chi connectivity index (χ1) is 17.2. The van der Waals surface area contributed by atoms with Crippen molar-refractivity contribution >= 4 is 12.0 Å². The zero-order valence-electron chi connectivity index (χ0n) is 22.0. The highest BCUT2D eigenvalue weighted by atomic mass is 16.5. The molecule has 1 unspecified atom stereocenters. The van der Waals surface area contributed by atoms with E-state index in [1.807, 2.05) is 11.0 Å². The fourth-order valence-corrected chi connectivity index (χ4v) is 9.85. The lowest BCUT2D eigenvalue weighted by Gasteiger charge is -2.64. The normalized spacial score (nSPS) is 48.4. The molecule has 0 aromatic carbocycles. The van der Waals surface area contributed by atoms with Crippen LogP contribution in [0.4, 0.5) is 4.79 Å². The van der Waals surface area contributed by atoms with Crippen LogP contribution in [0.5, 0.6) is 0 Å². The number of carbonyl (C=O) groups excluding carboxylic acids is 2. The molecule has 7 heteroatoms. The number of rotatable bonds is 2. The number of esters is 1. The summed E-state index contributed by atoms with van der Waals surface area (Å²) >= 11 is 0. The van der Waals surface area contributed by atoms with Crippen LogP contribution in [0.1, 0.15) is 71.6 Å². The summed E-state index contributed by atoms with van der Waals surface area (Å²) in [5.74, 6) is 1.84. The predicted molar refractivity (Wildman–Crippen MR) is 135 cm³/mol. The molecule has 4 aliphatic carbocycles. The average Bonchev–Trinajstić information content (AvgIpc) is 3.16. The van der Waals surface area contributed by atoms with Gasteiger partial charge in [0.2, 0.25) is 0 Å². The lowest BCUT2D eigenvalue weighted by molar-refractivity contribution is -0.210. The Kier molecular flexibility index (Phi) is 6.18. The molecule has 6 rings (SSSR count). The summed E-state index contributed by atoms with van der Waals surface area (Å²) < 4.78 is 10.8. The van der Waals surface area contributed by atoms with Crippen LogP contribution in [-0.2, 0) is 14.3 Å². The van der Waals surface area contributed by atoms with Gasteiger partial charge in [-0.15, -0.1) is 0 Å². The molecule has 2 aliphatic heterocycles. The van der Waals surface area contributed by atoms with E-state index in [0.29, 0.717) is 56.6 Å². The topological polar surface area (TPSA) is 88.1 Å². The van der Waals surface area contributed by atoms with Crippen molar-refractivity contribution in [1.29, 1.82) is 0 Å². The second-order valence-electron chi connectivity index (χ2n) is 13.2. The summed E-state index contributed by atoms with van der Waals surface area (Å²) in [5, 5.41) is 15.8. The highest BCUT2D eigenvalue weighted by Gasteiger charge is 2.67. The second-order valence-corrected chi connectivity index (χ2v) is 13.2. The van der Waals surface area contributed by atoms with Gasteiger partial charge in [0.25, 0.3) is 0 Å². The Balaban J connectivity index is 1.15. The summed E-state index contributed by atoms with van der Waals surface area (Å²) in [4.78, 5) is 26.3. The van der Waals surface area contributed by atoms with E-state index in [-0.39, 0.29) is 34.8 Å². The Morgan fingerprint density at radius 2 is 1.81 bits per heavy atom. The van der Waals surface area contributed by atoms with E-state index in [1.165, 1.54) is 6.42 Å². The van der Waals surface area contributed by atoms with Gasteiger partial charge in [-0.05, 0) is 86.9 Å². The van der Waals surface area contributed by atoms with Crippen molar-refractivity contribution in [2.75, 3.05) is 32.9 Å². The predicted octanol–water partition coefficient (Wildman–Crippen LogP) is 3.90. The maximum Gasteiger partial charge on any atom is 0.330 e. The van der Waals surface area contributed by atoms with Gasteiger partial charge in [-0.25, -0.2) is 9.59 Å². The molecule has 0 spiro atoms. The van der Waals surface area contributed by atoms with Gasteiger partial charge in [0.1, 0.15) is 0 Å². The number of ether oxygens (including phenoxy) is 2. The Labute approximate surface area is 215 Å². The maximum atomic E-state index is 12.8. The Morgan fingerprint density at radius 3 is 2.56 bits per heavy atom. The molecule has 2 N–H and O–H groups in total. The van der Waals surface area contributed by atoms with Crippen LogP contribution in [0.2, 0.25) is 0 Å². The van der Waals surface area contributed by atoms with Gasteiger partial charge in [-0.1, -0.05) is 19.9 Å². The highest BCUT2D eigenvalue weighted by molar-refractivity contribution is 5.82. The largest absolute Gasteiger partial charge is 0.462 e. The van der Waals surface area contributed by atoms with Gasteiger partial charge < -0.3 is 24.8 Å². The van der Waals surface area contributed by atoms with E-state index in [1.54, 1.807) is 6.08 Å². The molecular weight excluding hydrogens is 456 g/mol. The highest BCUT2D eigenvalue weighted by Crippen LogP contribution is 2.70. The number of aliphatic hydroxyl groups is 1. The number of hydrogen-bond donors (Lipinski definition) is 2. The SMILES string of the molecule is C[C@]12CC[C@H](NC(=O)N3CCOCC3)C[C@H]1CC[C@@H]1[C@@H]2CC[C@]2(C)[C@@H](C3C=CC(=O)OC3)CC[C@]12O. The van der Waals surface area contributed by atoms with Crippen LogP contribution in [0.15, 0.2) is 12.2 Å². The monoisotopic (exact) mass is 500 g/mol. The molecule has 6 aliphatic rings. The Morgan fingerprint density at radius 1 is 1.03 bits per heavy atom. The number of cyclic esters (lactones) is 1. The standard InChI is InChI=1S/C29H44N2O5/c1-27-10-7-21(30-26(33)31-13-15-35-16-14-31)17-20(27)4-5-24-23(27)8-11-28(2)22(9-12-29(24,28)34)19-3-6-25(32)36-18-19/h3,6,19-24,34H,4-5,7-18H2,1-2H3,(H,30,33)/t19?,20-,21+,22-,23+,24-,27+,28-,29+/m1/s1. The second kappa shape index (κ2) is 9.00. The number of morpholine rings is 1. The minimum atomic E-state index is -0.634. The first-order valence-corrected chi connectivity index (χ1v) is 14.5. The average molecular weight is 501 g/mol. The number of urea groups is 1. The number of hydrogen-bond acceptors (Lipinski definition) is 5. The van der Waals surface area contributed by atoms with Crippen molar-refractivity contribution < 1.29 is 24.2 Å². The van der Waals surface area contributed by atoms with E-state index >= 15 is 0 Å². The van der Waals surface area contributed by atoms with Gasteiger partial charge in [-0.2, -0.15) is 0 Å². The fraction of sp³-hybridized carbons (Fsp3) is 0.862.